The van der Waals surface area contributed by atoms with E-state index in [2.05, 4.69) is 15.3 Å². The first-order chi connectivity index (χ1) is 11.1. The summed E-state index contributed by atoms with van der Waals surface area (Å²) in [5, 5.41) is 3.68. The van der Waals surface area contributed by atoms with Gasteiger partial charge in [-0.15, -0.1) is 0 Å². The normalized spacial score (nSPS) is 14.3. The van der Waals surface area contributed by atoms with Gasteiger partial charge in [0.05, 0.1) is 19.0 Å². The average molecular weight is 353 g/mol. The number of carbonyl (C=O) groups is 1. The largest absolute Gasteiger partial charge is 0.476 e. The number of carbonyl (C=O) groups excluding carboxylic acids is 1. The minimum atomic E-state index is -0.147. The van der Waals surface area contributed by atoms with Gasteiger partial charge in [0, 0.05) is 29.7 Å². The Balaban J connectivity index is 1.43. The number of ether oxygens (including phenoxy) is 1. The Labute approximate surface area is 143 Å². The first-order valence-corrected chi connectivity index (χ1v) is 7.77. The zero-order valence-corrected chi connectivity index (χ0v) is 13.6. The molecule has 0 radical (unpaired) electrons. The summed E-state index contributed by atoms with van der Waals surface area (Å²) in [7, 11) is 0. The molecule has 8 heteroatoms. The van der Waals surface area contributed by atoms with Crippen LogP contribution in [0.25, 0.3) is 0 Å². The van der Waals surface area contributed by atoms with Gasteiger partial charge in [-0.3, -0.25) is 4.98 Å². The van der Waals surface area contributed by atoms with Gasteiger partial charge in [0.2, 0.25) is 5.88 Å². The van der Waals surface area contributed by atoms with Crippen molar-refractivity contribution in [1.29, 1.82) is 0 Å². The third kappa shape index (κ3) is 4.24. The fraction of sp³-hybridized carbons (Fsp3) is 0.267. The number of amides is 2. The predicted octanol–water partition coefficient (Wildman–Crippen LogP) is 3.33. The molecule has 0 aliphatic carbocycles. The van der Waals surface area contributed by atoms with E-state index >= 15 is 0 Å². The predicted molar refractivity (Wildman–Crippen MR) is 88.1 cm³/mol. The molecule has 1 N–H and O–H groups in total. The summed E-state index contributed by atoms with van der Waals surface area (Å²) in [6, 6.07) is 6.90. The number of anilines is 1. The number of likely N-dealkylation sites (tertiary alicyclic amines) is 1. The molecule has 120 valence electrons. The number of urea groups is 1. The molecule has 1 aromatic carbocycles. The van der Waals surface area contributed by atoms with E-state index in [1.165, 1.54) is 12.4 Å². The Morgan fingerprint density at radius 2 is 2.17 bits per heavy atom. The van der Waals surface area contributed by atoms with Crippen molar-refractivity contribution in [2.75, 3.05) is 25.0 Å². The van der Waals surface area contributed by atoms with E-state index in [1.54, 1.807) is 29.2 Å². The molecular formula is C15H14Cl2N4O2. The Bertz CT molecular complexity index is 707. The molecule has 2 aromatic rings. The fourth-order valence-electron chi connectivity index (χ4n) is 2.21. The van der Waals surface area contributed by atoms with Crippen LogP contribution in [0.1, 0.15) is 0 Å². The van der Waals surface area contributed by atoms with E-state index in [4.69, 9.17) is 27.9 Å². The highest BCUT2D eigenvalue weighted by Crippen LogP contribution is 2.20. The van der Waals surface area contributed by atoms with Crippen LogP contribution in [-0.2, 0) is 0 Å². The fourth-order valence-corrected chi connectivity index (χ4v) is 2.54. The Kier molecular flexibility index (Phi) is 4.83. The summed E-state index contributed by atoms with van der Waals surface area (Å²) >= 11 is 11.6. The molecule has 3 rings (SSSR count). The van der Waals surface area contributed by atoms with Gasteiger partial charge in [-0.1, -0.05) is 29.3 Å². The second kappa shape index (κ2) is 7.02. The first kappa shape index (κ1) is 15.8. The molecule has 6 nitrogen and oxygen atoms in total. The molecule has 0 unspecified atom stereocenters. The van der Waals surface area contributed by atoms with Crippen molar-refractivity contribution >= 4 is 34.9 Å². The SMILES string of the molecule is O=C(Nc1cccc(Cl)c1)N1CC(COc2cncc(Cl)n2)C1. The second-order valence-corrected chi connectivity index (χ2v) is 6.03. The van der Waals surface area contributed by atoms with Gasteiger partial charge in [-0.25, -0.2) is 4.79 Å². The lowest BCUT2D eigenvalue weighted by molar-refractivity contribution is 0.0906. The van der Waals surface area contributed by atoms with Crippen LogP contribution < -0.4 is 10.1 Å². The van der Waals surface area contributed by atoms with Gasteiger partial charge in [0.1, 0.15) is 0 Å². The van der Waals surface area contributed by atoms with E-state index in [-0.39, 0.29) is 11.9 Å². The highest BCUT2D eigenvalue weighted by molar-refractivity contribution is 6.30. The smallest absolute Gasteiger partial charge is 0.321 e. The van der Waals surface area contributed by atoms with E-state index in [9.17, 15) is 4.79 Å². The first-order valence-electron chi connectivity index (χ1n) is 7.02. The van der Waals surface area contributed by atoms with Crippen LogP contribution in [0, 0.1) is 5.92 Å². The average Bonchev–Trinajstić information content (AvgIpc) is 2.45. The van der Waals surface area contributed by atoms with Gasteiger partial charge >= 0.3 is 6.03 Å². The molecule has 0 saturated carbocycles. The van der Waals surface area contributed by atoms with E-state index < -0.39 is 0 Å². The summed E-state index contributed by atoms with van der Waals surface area (Å²) in [5.41, 5.74) is 0.677. The number of hydrogen-bond acceptors (Lipinski definition) is 4. The number of rotatable bonds is 4. The molecule has 1 aliphatic rings. The van der Waals surface area contributed by atoms with Crippen molar-refractivity contribution in [2.24, 2.45) is 5.92 Å². The highest BCUT2D eigenvalue weighted by Gasteiger charge is 2.31. The van der Waals surface area contributed by atoms with Crippen molar-refractivity contribution in [1.82, 2.24) is 14.9 Å². The molecule has 0 atom stereocenters. The van der Waals surface area contributed by atoms with Crippen molar-refractivity contribution < 1.29 is 9.53 Å². The molecule has 1 fully saturated rings. The Morgan fingerprint density at radius 3 is 2.91 bits per heavy atom. The molecule has 23 heavy (non-hydrogen) atoms. The van der Waals surface area contributed by atoms with Crippen molar-refractivity contribution in [3.05, 3.63) is 46.8 Å². The summed E-state index contributed by atoms with van der Waals surface area (Å²) in [5.74, 6) is 0.653. The van der Waals surface area contributed by atoms with Gasteiger partial charge < -0.3 is 15.0 Å². The maximum atomic E-state index is 12.1. The van der Waals surface area contributed by atoms with E-state index in [0.717, 1.165) is 0 Å². The van der Waals surface area contributed by atoms with E-state index in [0.29, 0.717) is 41.4 Å². The number of nitrogens with one attached hydrogen (secondary N) is 1. The van der Waals surface area contributed by atoms with Crippen LogP contribution in [0.2, 0.25) is 10.2 Å². The van der Waals surface area contributed by atoms with E-state index in [1.807, 2.05) is 0 Å². The third-order valence-electron chi connectivity index (χ3n) is 3.37. The zero-order chi connectivity index (χ0) is 16.2. The van der Waals surface area contributed by atoms with Crippen LogP contribution in [-0.4, -0.2) is 40.6 Å². The summed E-state index contributed by atoms with van der Waals surface area (Å²) in [4.78, 5) is 21.7. The molecule has 1 aliphatic heterocycles. The second-order valence-electron chi connectivity index (χ2n) is 5.20. The zero-order valence-electron chi connectivity index (χ0n) is 12.1. The molecule has 1 aromatic heterocycles. The molecular weight excluding hydrogens is 339 g/mol. The van der Waals surface area contributed by atoms with Gasteiger partial charge in [0.25, 0.3) is 0 Å². The minimum absolute atomic E-state index is 0.147. The van der Waals surface area contributed by atoms with Crippen LogP contribution in [0.5, 0.6) is 5.88 Å². The monoisotopic (exact) mass is 352 g/mol. The molecule has 1 saturated heterocycles. The van der Waals surface area contributed by atoms with Crippen LogP contribution in [0.3, 0.4) is 0 Å². The Hall–Kier alpha value is -2.05. The van der Waals surface area contributed by atoms with Crippen molar-refractivity contribution in [2.45, 2.75) is 0 Å². The minimum Gasteiger partial charge on any atom is -0.476 e. The summed E-state index contributed by atoms with van der Waals surface area (Å²) in [6.07, 6.45) is 2.95. The highest BCUT2D eigenvalue weighted by atomic mass is 35.5. The lowest BCUT2D eigenvalue weighted by Gasteiger charge is -2.38. The topological polar surface area (TPSA) is 67.4 Å². The number of halogens is 2. The van der Waals surface area contributed by atoms with Gasteiger partial charge in [-0.05, 0) is 18.2 Å². The number of hydrogen-bond donors (Lipinski definition) is 1. The molecule has 0 spiro atoms. The quantitative estimate of drug-likeness (QED) is 0.916. The number of aromatic nitrogens is 2. The van der Waals surface area contributed by atoms with Gasteiger partial charge in [-0.2, -0.15) is 4.98 Å². The lowest BCUT2D eigenvalue weighted by atomic mass is 10.0. The van der Waals surface area contributed by atoms with Crippen LogP contribution in [0.15, 0.2) is 36.7 Å². The standard InChI is InChI=1S/C15H14Cl2N4O2/c16-11-2-1-3-12(4-11)19-15(22)21-7-10(8-21)9-23-14-6-18-5-13(17)20-14/h1-6,10H,7-9H2,(H,19,22). The molecule has 0 bridgehead atoms. The lowest BCUT2D eigenvalue weighted by Crippen LogP contribution is -2.53. The molecule has 2 heterocycles. The van der Waals surface area contributed by atoms with Crippen LogP contribution in [0.4, 0.5) is 10.5 Å². The summed E-state index contributed by atoms with van der Waals surface area (Å²) in [6.45, 7) is 1.72. The number of benzene rings is 1. The maximum absolute atomic E-state index is 12.1. The van der Waals surface area contributed by atoms with Crippen molar-refractivity contribution in [3.8, 4) is 5.88 Å². The Morgan fingerprint density at radius 1 is 1.35 bits per heavy atom. The van der Waals surface area contributed by atoms with Crippen molar-refractivity contribution in [3.63, 3.8) is 0 Å². The third-order valence-corrected chi connectivity index (χ3v) is 3.79. The maximum Gasteiger partial charge on any atom is 0.321 e. The summed E-state index contributed by atoms with van der Waals surface area (Å²) < 4.78 is 5.52. The van der Waals surface area contributed by atoms with Gasteiger partial charge in [0.15, 0.2) is 5.15 Å². The van der Waals surface area contributed by atoms with Crippen LogP contribution >= 0.6 is 23.2 Å². The molecule has 2 amide bonds. The number of nitrogens with zero attached hydrogens (tertiary/aromatic N) is 3.